The van der Waals surface area contributed by atoms with Crippen LogP contribution in [0.25, 0.3) is 11.1 Å². The average molecular weight is 479 g/mol. The maximum Gasteiger partial charge on any atom is 0.243 e. The molecule has 0 saturated carbocycles. The van der Waals surface area contributed by atoms with Crippen LogP contribution in [-0.2, 0) is 17.8 Å². The molecule has 1 aliphatic heterocycles. The zero-order valence-corrected chi connectivity index (χ0v) is 20.3. The molecule has 2 aromatic heterocycles. The number of halogens is 1. The van der Waals surface area contributed by atoms with Crippen molar-refractivity contribution in [2.75, 3.05) is 5.32 Å². The molecule has 4 aromatic rings. The Morgan fingerprint density at radius 1 is 0.944 bits per heavy atom. The molecule has 0 spiro atoms. The minimum Gasteiger partial charge on any atom is -0.309 e. The topological polar surface area (TPSA) is 66.9 Å². The number of aryl methyl sites for hydroxylation is 1. The number of hydrogen-bond acceptors (Lipinski definition) is 4. The molecule has 0 radical (unpaired) electrons. The lowest BCUT2D eigenvalue weighted by molar-refractivity contribution is -0.118. The summed E-state index contributed by atoms with van der Waals surface area (Å²) in [4.78, 5) is 21.9. The van der Waals surface area contributed by atoms with E-state index in [-0.39, 0.29) is 17.8 Å². The number of fused-ring (bicyclic) bond motifs is 1. The highest BCUT2D eigenvalue weighted by Gasteiger charge is 2.24. The summed E-state index contributed by atoms with van der Waals surface area (Å²) in [6, 6.07) is 22.0. The molecule has 1 aliphatic rings. The second-order valence-corrected chi connectivity index (χ2v) is 8.97. The van der Waals surface area contributed by atoms with Crippen molar-refractivity contribution in [1.82, 2.24) is 15.3 Å². The molecule has 1 amide bonds. The molecule has 2 aromatic carbocycles. The molecule has 36 heavy (non-hydrogen) atoms. The summed E-state index contributed by atoms with van der Waals surface area (Å²) in [5.41, 5.74) is 8.02. The minimum atomic E-state index is -0.310. The first-order valence-corrected chi connectivity index (χ1v) is 12.0. The van der Waals surface area contributed by atoms with Gasteiger partial charge < -0.3 is 10.6 Å². The number of nitrogens with zero attached hydrogens (tertiary/aromatic N) is 2. The molecular formula is C30H27FN4O. The molecule has 0 fully saturated rings. The number of benzene rings is 2. The van der Waals surface area contributed by atoms with Gasteiger partial charge in [-0.2, -0.15) is 0 Å². The van der Waals surface area contributed by atoms with Crippen LogP contribution in [0.15, 0.2) is 85.2 Å². The van der Waals surface area contributed by atoms with Gasteiger partial charge in [0.25, 0.3) is 0 Å². The zero-order chi connectivity index (χ0) is 25.1. The van der Waals surface area contributed by atoms with E-state index in [1.54, 1.807) is 24.5 Å². The van der Waals surface area contributed by atoms with Crippen LogP contribution in [0.5, 0.6) is 0 Å². The number of allylic oxidation sites excluding steroid dienone is 1. The van der Waals surface area contributed by atoms with Gasteiger partial charge in [-0.05, 0) is 90.1 Å². The molecule has 0 aliphatic carbocycles. The van der Waals surface area contributed by atoms with E-state index in [9.17, 15) is 9.18 Å². The Hall–Kier alpha value is -4.16. The van der Waals surface area contributed by atoms with E-state index < -0.39 is 0 Å². The van der Waals surface area contributed by atoms with Gasteiger partial charge in [-0.1, -0.05) is 36.4 Å². The Balaban J connectivity index is 1.43. The first-order chi connectivity index (χ1) is 17.5. The number of amides is 1. The van der Waals surface area contributed by atoms with Gasteiger partial charge in [0.2, 0.25) is 5.91 Å². The van der Waals surface area contributed by atoms with Crippen LogP contribution in [0.4, 0.5) is 10.2 Å². The van der Waals surface area contributed by atoms with Gasteiger partial charge in [0.1, 0.15) is 11.6 Å². The fraction of sp³-hybridized carbons (Fsp3) is 0.167. The first-order valence-electron chi connectivity index (χ1n) is 12.0. The van der Waals surface area contributed by atoms with E-state index in [0.29, 0.717) is 18.8 Å². The van der Waals surface area contributed by atoms with E-state index in [0.717, 1.165) is 33.5 Å². The Labute approximate surface area is 210 Å². The molecule has 0 saturated heterocycles. The van der Waals surface area contributed by atoms with Crippen molar-refractivity contribution in [2.24, 2.45) is 0 Å². The molecule has 180 valence electrons. The Morgan fingerprint density at radius 3 is 2.39 bits per heavy atom. The van der Waals surface area contributed by atoms with Crippen LogP contribution in [0.1, 0.15) is 40.4 Å². The first kappa shape index (κ1) is 23.6. The minimum absolute atomic E-state index is 0.100. The SMILES string of the molecule is C/C(=C(/c1ccncc1)c1ccc(NC(=O)[C@@H]2Cc3ccccc3CN2)nc1C)c1ccc(F)cc1. The van der Waals surface area contributed by atoms with Gasteiger partial charge in [0, 0.05) is 30.2 Å². The fourth-order valence-electron chi connectivity index (χ4n) is 4.68. The maximum atomic E-state index is 13.5. The predicted octanol–water partition coefficient (Wildman–Crippen LogP) is 5.56. The lowest BCUT2D eigenvalue weighted by atomic mass is 9.90. The van der Waals surface area contributed by atoms with Crippen LogP contribution in [0.3, 0.4) is 0 Å². The second-order valence-electron chi connectivity index (χ2n) is 8.97. The number of hydrogen-bond donors (Lipinski definition) is 2. The van der Waals surface area contributed by atoms with Crippen molar-refractivity contribution in [3.8, 4) is 0 Å². The highest BCUT2D eigenvalue weighted by molar-refractivity contribution is 5.99. The molecule has 6 heteroatoms. The van der Waals surface area contributed by atoms with Crippen LogP contribution < -0.4 is 10.6 Å². The number of aromatic nitrogens is 2. The Bertz CT molecular complexity index is 1430. The van der Waals surface area contributed by atoms with Crippen molar-refractivity contribution in [3.05, 3.63) is 125 Å². The number of anilines is 1. The monoisotopic (exact) mass is 478 g/mol. The third kappa shape index (κ3) is 4.95. The van der Waals surface area contributed by atoms with Gasteiger partial charge in [0.05, 0.1) is 6.04 Å². The number of carbonyl (C=O) groups excluding carboxylic acids is 1. The van der Waals surface area contributed by atoms with Crippen LogP contribution in [-0.4, -0.2) is 21.9 Å². The van der Waals surface area contributed by atoms with Crippen LogP contribution >= 0.6 is 0 Å². The summed E-state index contributed by atoms with van der Waals surface area (Å²) in [5, 5.41) is 6.29. The lowest BCUT2D eigenvalue weighted by Crippen LogP contribution is -2.44. The highest BCUT2D eigenvalue weighted by atomic mass is 19.1. The number of pyridine rings is 2. The smallest absolute Gasteiger partial charge is 0.243 e. The highest BCUT2D eigenvalue weighted by Crippen LogP contribution is 2.33. The fourth-order valence-corrected chi connectivity index (χ4v) is 4.68. The van der Waals surface area contributed by atoms with Crippen molar-refractivity contribution in [1.29, 1.82) is 0 Å². The molecule has 1 atom stereocenters. The van der Waals surface area contributed by atoms with Crippen molar-refractivity contribution >= 4 is 22.9 Å². The standard InChI is InChI=1S/C30H27FN4O/c1-19(21-7-9-25(31)10-8-21)29(22-13-15-32-16-14-22)26-11-12-28(34-20(26)2)35-30(36)27-17-23-5-3-4-6-24(23)18-33-27/h3-16,27,33H,17-18H2,1-2H3,(H,34,35,36)/b29-19+/t27-/m0/s1. The average Bonchev–Trinajstić information content (AvgIpc) is 2.90. The summed E-state index contributed by atoms with van der Waals surface area (Å²) in [5.74, 6) is 0.137. The largest absolute Gasteiger partial charge is 0.309 e. The molecule has 0 unspecified atom stereocenters. The predicted molar refractivity (Wildman–Crippen MR) is 141 cm³/mol. The van der Waals surface area contributed by atoms with Crippen LogP contribution in [0, 0.1) is 12.7 Å². The van der Waals surface area contributed by atoms with Crippen molar-refractivity contribution < 1.29 is 9.18 Å². The lowest BCUT2D eigenvalue weighted by Gasteiger charge is -2.25. The van der Waals surface area contributed by atoms with Crippen molar-refractivity contribution in [2.45, 2.75) is 32.9 Å². The molecule has 5 nitrogen and oxygen atoms in total. The Morgan fingerprint density at radius 2 is 1.67 bits per heavy atom. The van der Waals surface area contributed by atoms with Gasteiger partial charge in [-0.3, -0.25) is 9.78 Å². The summed E-state index contributed by atoms with van der Waals surface area (Å²) < 4.78 is 13.5. The molecular weight excluding hydrogens is 451 g/mol. The molecule has 0 bridgehead atoms. The summed E-state index contributed by atoms with van der Waals surface area (Å²) in [6.07, 6.45) is 4.14. The third-order valence-corrected chi connectivity index (χ3v) is 6.63. The second kappa shape index (κ2) is 10.2. The summed E-state index contributed by atoms with van der Waals surface area (Å²) in [7, 11) is 0. The molecule has 2 N–H and O–H groups in total. The number of nitrogens with one attached hydrogen (secondary N) is 2. The number of carbonyl (C=O) groups is 1. The maximum absolute atomic E-state index is 13.5. The quantitative estimate of drug-likeness (QED) is 0.394. The number of rotatable bonds is 5. The van der Waals surface area contributed by atoms with E-state index in [1.165, 1.54) is 23.3 Å². The van der Waals surface area contributed by atoms with Crippen LogP contribution in [0.2, 0.25) is 0 Å². The normalized spacial score (nSPS) is 15.6. The summed E-state index contributed by atoms with van der Waals surface area (Å²) >= 11 is 0. The van der Waals surface area contributed by atoms with Gasteiger partial charge in [-0.25, -0.2) is 9.37 Å². The van der Waals surface area contributed by atoms with E-state index in [2.05, 4.69) is 27.8 Å². The molecule has 3 heterocycles. The van der Waals surface area contributed by atoms with Gasteiger partial charge in [-0.15, -0.1) is 0 Å². The van der Waals surface area contributed by atoms with E-state index >= 15 is 0 Å². The van der Waals surface area contributed by atoms with E-state index in [1.807, 2.05) is 50.2 Å². The zero-order valence-electron chi connectivity index (χ0n) is 20.3. The Kier molecular flexibility index (Phi) is 6.69. The van der Waals surface area contributed by atoms with Gasteiger partial charge >= 0.3 is 0 Å². The molecule has 5 rings (SSSR count). The van der Waals surface area contributed by atoms with E-state index in [4.69, 9.17) is 4.98 Å². The van der Waals surface area contributed by atoms with Gasteiger partial charge in [0.15, 0.2) is 0 Å². The third-order valence-electron chi connectivity index (χ3n) is 6.63. The summed E-state index contributed by atoms with van der Waals surface area (Å²) in [6.45, 7) is 4.62. The van der Waals surface area contributed by atoms with Crippen molar-refractivity contribution in [3.63, 3.8) is 0 Å².